The molecule has 0 heterocycles. The summed E-state index contributed by atoms with van der Waals surface area (Å²) in [6.07, 6.45) is 2.80. The van der Waals surface area contributed by atoms with Crippen LogP contribution in [0.1, 0.15) is 40.5 Å². The van der Waals surface area contributed by atoms with Gasteiger partial charge in [-0.15, -0.1) is 0 Å². The largest absolute Gasteiger partial charge is 0.315 e. The molecule has 1 saturated carbocycles. The highest BCUT2D eigenvalue weighted by Crippen LogP contribution is 2.41. The van der Waals surface area contributed by atoms with Crippen molar-refractivity contribution in [2.75, 3.05) is 13.1 Å². The van der Waals surface area contributed by atoms with Crippen LogP contribution in [0.4, 0.5) is 0 Å². The van der Waals surface area contributed by atoms with E-state index in [1.165, 1.54) is 19.4 Å². The minimum Gasteiger partial charge on any atom is -0.315 e. The highest BCUT2D eigenvalue weighted by Gasteiger charge is 2.36. The lowest BCUT2D eigenvalue weighted by Gasteiger charge is -2.12. The van der Waals surface area contributed by atoms with E-state index in [1.54, 1.807) is 0 Å². The van der Waals surface area contributed by atoms with Crippen molar-refractivity contribution >= 4 is 0 Å². The first-order valence-electron chi connectivity index (χ1n) is 6.10. The number of nitrogens with one attached hydrogen (secondary N) is 2. The van der Waals surface area contributed by atoms with Gasteiger partial charge in [-0.2, -0.15) is 0 Å². The molecule has 0 radical (unpaired) electrons. The van der Waals surface area contributed by atoms with Crippen LogP contribution in [-0.4, -0.2) is 25.2 Å². The van der Waals surface area contributed by atoms with E-state index in [2.05, 4.69) is 38.3 Å². The second-order valence-electron chi connectivity index (χ2n) is 5.01. The SMILES string of the molecule is CCNC(C)CC1CC1CNC(C)C. The fourth-order valence-corrected chi connectivity index (χ4v) is 2.12. The summed E-state index contributed by atoms with van der Waals surface area (Å²) in [5, 5.41) is 7.00. The van der Waals surface area contributed by atoms with E-state index in [9.17, 15) is 0 Å². The van der Waals surface area contributed by atoms with Gasteiger partial charge in [0, 0.05) is 12.1 Å². The zero-order chi connectivity index (χ0) is 10.6. The molecule has 2 N–H and O–H groups in total. The molecule has 0 aromatic carbocycles. The molecule has 3 atom stereocenters. The molecule has 0 aliphatic heterocycles. The van der Waals surface area contributed by atoms with Crippen LogP contribution in [0.3, 0.4) is 0 Å². The number of hydrogen-bond donors (Lipinski definition) is 2. The van der Waals surface area contributed by atoms with Crippen LogP contribution in [0.25, 0.3) is 0 Å². The van der Waals surface area contributed by atoms with Crippen LogP contribution in [0.2, 0.25) is 0 Å². The second kappa shape index (κ2) is 5.72. The Morgan fingerprint density at radius 1 is 1.14 bits per heavy atom. The maximum absolute atomic E-state index is 3.52. The molecule has 1 aliphatic carbocycles. The molecular weight excluding hydrogens is 172 g/mol. The van der Waals surface area contributed by atoms with Crippen molar-refractivity contribution < 1.29 is 0 Å². The Balaban J connectivity index is 2.02. The first kappa shape index (κ1) is 12.0. The fourth-order valence-electron chi connectivity index (χ4n) is 2.12. The topological polar surface area (TPSA) is 24.1 Å². The average Bonchev–Trinajstić information content (AvgIpc) is 2.80. The lowest BCUT2D eigenvalue weighted by Crippen LogP contribution is -2.28. The quantitative estimate of drug-likeness (QED) is 0.654. The van der Waals surface area contributed by atoms with Crippen LogP contribution in [-0.2, 0) is 0 Å². The molecule has 84 valence electrons. The molecule has 3 unspecified atom stereocenters. The number of hydrogen-bond acceptors (Lipinski definition) is 2. The van der Waals surface area contributed by atoms with Gasteiger partial charge in [-0.1, -0.05) is 20.8 Å². The van der Waals surface area contributed by atoms with Gasteiger partial charge in [-0.05, 0) is 44.7 Å². The van der Waals surface area contributed by atoms with Gasteiger partial charge >= 0.3 is 0 Å². The Bertz CT molecular complexity index is 156. The predicted molar refractivity (Wildman–Crippen MR) is 62.5 cm³/mol. The van der Waals surface area contributed by atoms with Gasteiger partial charge in [0.1, 0.15) is 0 Å². The third-order valence-corrected chi connectivity index (χ3v) is 3.07. The minimum atomic E-state index is 0.641. The maximum atomic E-state index is 3.52. The molecule has 0 saturated heterocycles. The maximum Gasteiger partial charge on any atom is 0.00413 e. The predicted octanol–water partition coefficient (Wildman–Crippen LogP) is 2.01. The van der Waals surface area contributed by atoms with Crippen molar-refractivity contribution in [2.45, 2.75) is 52.6 Å². The summed E-state index contributed by atoms with van der Waals surface area (Å²) in [6, 6.07) is 1.34. The molecule has 0 aromatic heterocycles. The number of rotatable bonds is 7. The minimum absolute atomic E-state index is 0.641. The van der Waals surface area contributed by atoms with E-state index in [0.717, 1.165) is 18.4 Å². The van der Waals surface area contributed by atoms with Crippen molar-refractivity contribution in [3.05, 3.63) is 0 Å². The fraction of sp³-hybridized carbons (Fsp3) is 1.00. The van der Waals surface area contributed by atoms with Gasteiger partial charge in [0.25, 0.3) is 0 Å². The van der Waals surface area contributed by atoms with E-state index >= 15 is 0 Å². The summed E-state index contributed by atoms with van der Waals surface area (Å²) < 4.78 is 0. The molecular formula is C12H26N2. The van der Waals surface area contributed by atoms with Crippen LogP contribution < -0.4 is 10.6 Å². The van der Waals surface area contributed by atoms with Crippen molar-refractivity contribution in [3.63, 3.8) is 0 Å². The first-order chi connectivity index (χ1) is 6.63. The Labute approximate surface area is 88.8 Å². The second-order valence-corrected chi connectivity index (χ2v) is 5.01. The van der Waals surface area contributed by atoms with Crippen LogP contribution in [0.15, 0.2) is 0 Å². The molecule has 1 rings (SSSR count). The van der Waals surface area contributed by atoms with E-state index in [-0.39, 0.29) is 0 Å². The lowest BCUT2D eigenvalue weighted by molar-refractivity contribution is 0.468. The van der Waals surface area contributed by atoms with E-state index in [1.807, 2.05) is 0 Å². The molecule has 0 bridgehead atoms. The summed E-state index contributed by atoms with van der Waals surface area (Å²) in [4.78, 5) is 0. The molecule has 0 amide bonds. The van der Waals surface area contributed by atoms with E-state index in [0.29, 0.717) is 12.1 Å². The Morgan fingerprint density at radius 2 is 1.86 bits per heavy atom. The summed E-state index contributed by atoms with van der Waals surface area (Å²) in [7, 11) is 0. The van der Waals surface area contributed by atoms with Gasteiger partial charge in [-0.3, -0.25) is 0 Å². The van der Waals surface area contributed by atoms with Gasteiger partial charge in [0.05, 0.1) is 0 Å². The van der Waals surface area contributed by atoms with Crippen LogP contribution >= 0.6 is 0 Å². The van der Waals surface area contributed by atoms with Crippen molar-refractivity contribution in [1.29, 1.82) is 0 Å². The van der Waals surface area contributed by atoms with Crippen LogP contribution in [0.5, 0.6) is 0 Å². The van der Waals surface area contributed by atoms with Crippen molar-refractivity contribution in [2.24, 2.45) is 11.8 Å². The molecule has 1 aliphatic rings. The lowest BCUT2D eigenvalue weighted by atomic mass is 10.1. The van der Waals surface area contributed by atoms with E-state index < -0.39 is 0 Å². The highest BCUT2D eigenvalue weighted by molar-refractivity contribution is 4.90. The zero-order valence-corrected chi connectivity index (χ0v) is 10.1. The standard InChI is InChI=1S/C12H26N2/c1-5-13-10(4)6-11-7-12(11)8-14-9(2)3/h9-14H,5-8H2,1-4H3. The molecule has 2 nitrogen and oxygen atoms in total. The molecule has 0 aromatic rings. The summed E-state index contributed by atoms with van der Waals surface area (Å²) >= 11 is 0. The van der Waals surface area contributed by atoms with Gasteiger partial charge in [0.15, 0.2) is 0 Å². The van der Waals surface area contributed by atoms with E-state index in [4.69, 9.17) is 0 Å². The summed E-state index contributed by atoms with van der Waals surface area (Å²) in [5.41, 5.74) is 0. The Morgan fingerprint density at radius 3 is 2.43 bits per heavy atom. The third-order valence-electron chi connectivity index (χ3n) is 3.07. The monoisotopic (exact) mass is 198 g/mol. The molecule has 0 spiro atoms. The Hall–Kier alpha value is -0.0800. The molecule has 2 heteroatoms. The zero-order valence-electron chi connectivity index (χ0n) is 10.1. The van der Waals surface area contributed by atoms with Gasteiger partial charge < -0.3 is 10.6 Å². The molecule has 1 fully saturated rings. The Kier molecular flexibility index (Phi) is 4.90. The van der Waals surface area contributed by atoms with Gasteiger partial charge in [0.2, 0.25) is 0 Å². The summed E-state index contributed by atoms with van der Waals surface area (Å²) in [6.45, 7) is 11.2. The smallest absolute Gasteiger partial charge is 0.00413 e. The molecule has 14 heavy (non-hydrogen) atoms. The first-order valence-corrected chi connectivity index (χ1v) is 6.10. The van der Waals surface area contributed by atoms with Crippen molar-refractivity contribution in [1.82, 2.24) is 10.6 Å². The summed E-state index contributed by atoms with van der Waals surface area (Å²) in [5.74, 6) is 1.94. The average molecular weight is 198 g/mol. The third kappa shape index (κ3) is 4.43. The van der Waals surface area contributed by atoms with Gasteiger partial charge in [-0.25, -0.2) is 0 Å². The van der Waals surface area contributed by atoms with Crippen molar-refractivity contribution in [3.8, 4) is 0 Å². The van der Waals surface area contributed by atoms with Crippen LogP contribution in [0, 0.1) is 11.8 Å². The normalized spacial score (nSPS) is 28.1. The highest BCUT2D eigenvalue weighted by atomic mass is 14.9.